The van der Waals surface area contributed by atoms with Gasteiger partial charge in [0, 0.05) is 31.9 Å². The minimum atomic E-state index is 0.348. The zero-order valence-electron chi connectivity index (χ0n) is 16.1. The first-order chi connectivity index (χ1) is 13.7. The van der Waals surface area contributed by atoms with E-state index in [0.29, 0.717) is 24.2 Å². The number of aliphatic imine (C=N–C) groups is 1. The molecule has 4 rings (SSSR count). The van der Waals surface area contributed by atoms with Crippen LogP contribution in [0.5, 0.6) is 0 Å². The summed E-state index contributed by atoms with van der Waals surface area (Å²) in [5.41, 5.74) is 2.55. The van der Waals surface area contributed by atoms with Crippen LogP contribution in [-0.4, -0.2) is 47.3 Å². The van der Waals surface area contributed by atoms with Crippen molar-refractivity contribution in [2.45, 2.75) is 25.9 Å². The Labute approximate surface area is 164 Å². The summed E-state index contributed by atoms with van der Waals surface area (Å²) in [5.74, 6) is 2.68. The van der Waals surface area contributed by atoms with Crippen molar-refractivity contribution in [3.05, 3.63) is 54.0 Å². The normalized spacial score (nSPS) is 17.1. The number of rotatable bonds is 5. The van der Waals surface area contributed by atoms with Gasteiger partial charge in [0.05, 0.1) is 12.8 Å². The van der Waals surface area contributed by atoms with Crippen LogP contribution in [0.1, 0.15) is 17.8 Å². The van der Waals surface area contributed by atoms with Gasteiger partial charge in [0.1, 0.15) is 5.82 Å². The Hall–Kier alpha value is -3.29. The van der Waals surface area contributed by atoms with Crippen LogP contribution < -0.4 is 15.5 Å². The zero-order chi connectivity index (χ0) is 19.3. The first-order valence-electron chi connectivity index (χ1n) is 9.45. The van der Waals surface area contributed by atoms with Gasteiger partial charge in [-0.2, -0.15) is 0 Å². The molecule has 0 bridgehead atoms. The van der Waals surface area contributed by atoms with Crippen molar-refractivity contribution in [1.29, 1.82) is 0 Å². The SMILES string of the molecule is CN=C(NCc1nc(-c2ccco2)n[nH]1)NC1CCN(c2ccc(C)cc2)C1. The second-order valence-corrected chi connectivity index (χ2v) is 6.92. The van der Waals surface area contributed by atoms with Gasteiger partial charge >= 0.3 is 0 Å². The van der Waals surface area contributed by atoms with Gasteiger partial charge in [-0.05, 0) is 37.6 Å². The lowest BCUT2D eigenvalue weighted by Gasteiger charge is -2.20. The van der Waals surface area contributed by atoms with Crippen LogP contribution in [-0.2, 0) is 6.54 Å². The van der Waals surface area contributed by atoms with E-state index in [1.807, 2.05) is 12.1 Å². The molecular formula is C20H25N7O. The predicted octanol–water partition coefficient (Wildman–Crippen LogP) is 2.32. The third-order valence-electron chi connectivity index (χ3n) is 4.85. The first-order valence-corrected chi connectivity index (χ1v) is 9.45. The molecule has 1 atom stereocenters. The molecule has 1 fully saturated rings. The van der Waals surface area contributed by atoms with Gasteiger partial charge in [0.15, 0.2) is 11.7 Å². The molecule has 0 aliphatic carbocycles. The third kappa shape index (κ3) is 4.16. The zero-order valence-corrected chi connectivity index (χ0v) is 16.1. The van der Waals surface area contributed by atoms with Crippen LogP contribution >= 0.6 is 0 Å². The molecule has 3 N–H and O–H groups in total. The average molecular weight is 379 g/mol. The van der Waals surface area contributed by atoms with Gasteiger partial charge in [-0.3, -0.25) is 10.1 Å². The predicted molar refractivity (Wildman–Crippen MR) is 109 cm³/mol. The van der Waals surface area contributed by atoms with Crippen molar-refractivity contribution in [3.8, 4) is 11.6 Å². The number of hydrogen-bond acceptors (Lipinski definition) is 5. The van der Waals surface area contributed by atoms with Gasteiger partial charge in [0.2, 0.25) is 5.82 Å². The maximum atomic E-state index is 5.32. The summed E-state index contributed by atoms with van der Waals surface area (Å²) in [6.07, 6.45) is 2.68. The maximum Gasteiger partial charge on any atom is 0.216 e. The monoisotopic (exact) mass is 379 g/mol. The highest BCUT2D eigenvalue weighted by Crippen LogP contribution is 2.20. The fourth-order valence-corrected chi connectivity index (χ4v) is 3.31. The Bertz CT molecular complexity index is 914. The highest BCUT2D eigenvalue weighted by molar-refractivity contribution is 5.80. The number of hydrogen-bond donors (Lipinski definition) is 3. The minimum Gasteiger partial charge on any atom is -0.461 e. The van der Waals surface area contributed by atoms with Crippen molar-refractivity contribution < 1.29 is 4.42 Å². The van der Waals surface area contributed by atoms with Gasteiger partial charge in [0.25, 0.3) is 0 Å². The van der Waals surface area contributed by atoms with E-state index < -0.39 is 0 Å². The maximum absolute atomic E-state index is 5.32. The lowest BCUT2D eigenvalue weighted by Crippen LogP contribution is -2.44. The van der Waals surface area contributed by atoms with Crippen LogP contribution in [0.3, 0.4) is 0 Å². The Morgan fingerprint density at radius 3 is 2.93 bits per heavy atom. The van der Waals surface area contributed by atoms with E-state index in [9.17, 15) is 0 Å². The lowest BCUT2D eigenvalue weighted by atomic mass is 10.2. The number of aromatic amines is 1. The molecule has 1 aromatic carbocycles. The fourth-order valence-electron chi connectivity index (χ4n) is 3.31. The number of nitrogens with one attached hydrogen (secondary N) is 3. The summed E-state index contributed by atoms with van der Waals surface area (Å²) >= 11 is 0. The van der Waals surface area contributed by atoms with Crippen molar-refractivity contribution in [1.82, 2.24) is 25.8 Å². The summed E-state index contributed by atoms with van der Waals surface area (Å²) in [6, 6.07) is 12.7. The Morgan fingerprint density at radius 2 is 2.18 bits per heavy atom. The van der Waals surface area contributed by atoms with Crippen LogP contribution in [0, 0.1) is 6.92 Å². The number of aryl methyl sites for hydroxylation is 1. The van der Waals surface area contributed by atoms with E-state index in [-0.39, 0.29) is 0 Å². The van der Waals surface area contributed by atoms with Crippen molar-refractivity contribution in [3.63, 3.8) is 0 Å². The number of benzene rings is 1. The molecule has 3 aromatic rings. The van der Waals surface area contributed by atoms with E-state index in [1.54, 1.807) is 13.3 Å². The lowest BCUT2D eigenvalue weighted by molar-refractivity contribution is 0.577. The van der Waals surface area contributed by atoms with Crippen molar-refractivity contribution in [2.75, 3.05) is 25.0 Å². The van der Waals surface area contributed by atoms with E-state index in [2.05, 4.69) is 66.9 Å². The van der Waals surface area contributed by atoms with Gasteiger partial charge in [-0.15, -0.1) is 5.10 Å². The molecular weight excluding hydrogens is 354 g/mol. The number of guanidine groups is 1. The van der Waals surface area contributed by atoms with Crippen molar-refractivity contribution in [2.24, 2.45) is 4.99 Å². The molecule has 0 saturated carbocycles. The Morgan fingerprint density at radius 1 is 1.32 bits per heavy atom. The van der Waals surface area contributed by atoms with Crippen molar-refractivity contribution >= 4 is 11.6 Å². The Balaban J connectivity index is 1.29. The average Bonchev–Trinajstić information content (AvgIpc) is 3.47. The highest BCUT2D eigenvalue weighted by Gasteiger charge is 2.23. The van der Waals surface area contributed by atoms with Gasteiger partial charge < -0.3 is 20.0 Å². The molecule has 8 nitrogen and oxygen atoms in total. The number of anilines is 1. The molecule has 1 unspecified atom stereocenters. The molecule has 0 amide bonds. The van der Waals surface area contributed by atoms with Crippen LogP contribution in [0.15, 0.2) is 52.1 Å². The van der Waals surface area contributed by atoms with Gasteiger partial charge in [-0.1, -0.05) is 17.7 Å². The number of nitrogens with zero attached hydrogens (tertiary/aromatic N) is 4. The molecule has 1 aliphatic rings. The topological polar surface area (TPSA) is 94.4 Å². The molecule has 146 valence electrons. The Kier molecular flexibility index (Phi) is 5.27. The summed E-state index contributed by atoms with van der Waals surface area (Å²) in [4.78, 5) is 11.2. The second-order valence-electron chi connectivity index (χ2n) is 6.92. The summed E-state index contributed by atoms with van der Waals surface area (Å²) in [7, 11) is 1.77. The molecule has 0 radical (unpaired) electrons. The summed E-state index contributed by atoms with van der Waals surface area (Å²) < 4.78 is 5.32. The largest absolute Gasteiger partial charge is 0.461 e. The van der Waals surface area contributed by atoms with Gasteiger partial charge in [-0.25, -0.2) is 4.98 Å². The van der Waals surface area contributed by atoms with Crippen LogP contribution in [0.25, 0.3) is 11.6 Å². The highest BCUT2D eigenvalue weighted by atomic mass is 16.3. The summed E-state index contributed by atoms with van der Waals surface area (Å²) in [6.45, 7) is 4.60. The number of aromatic nitrogens is 3. The number of H-pyrrole nitrogens is 1. The van der Waals surface area contributed by atoms with Crippen LogP contribution in [0.4, 0.5) is 5.69 Å². The second kappa shape index (κ2) is 8.16. The van der Waals surface area contributed by atoms with E-state index in [4.69, 9.17) is 4.42 Å². The first kappa shape index (κ1) is 18.1. The quantitative estimate of drug-likeness (QED) is 0.465. The molecule has 1 saturated heterocycles. The molecule has 2 aromatic heterocycles. The van der Waals surface area contributed by atoms with E-state index in [0.717, 1.165) is 31.3 Å². The molecule has 0 spiro atoms. The van der Waals surface area contributed by atoms with E-state index in [1.165, 1.54) is 11.3 Å². The minimum absolute atomic E-state index is 0.348. The fraction of sp³-hybridized carbons (Fsp3) is 0.350. The molecule has 8 heteroatoms. The standard InChI is InChI=1S/C20H25N7O/c1-14-5-7-16(8-6-14)27-10-9-15(13-27)23-20(21-2)22-12-18-24-19(26-25-18)17-4-3-11-28-17/h3-8,11,15H,9-10,12-13H2,1-2H3,(H2,21,22,23)(H,24,25,26). The summed E-state index contributed by atoms with van der Waals surface area (Å²) in [5, 5.41) is 13.9. The third-order valence-corrected chi connectivity index (χ3v) is 4.85. The smallest absolute Gasteiger partial charge is 0.216 e. The molecule has 1 aliphatic heterocycles. The van der Waals surface area contributed by atoms with E-state index >= 15 is 0 Å². The van der Waals surface area contributed by atoms with Crippen LogP contribution in [0.2, 0.25) is 0 Å². The molecule has 3 heterocycles. The number of furan rings is 1. The molecule has 28 heavy (non-hydrogen) atoms.